The van der Waals surface area contributed by atoms with Crippen LogP contribution in [0.5, 0.6) is 0 Å². The molecule has 2 heterocycles. The third-order valence-electron chi connectivity index (χ3n) is 11.3. The lowest BCUT2D eigenvalue weighted by Gasteiger charge is -2.24. The van der Waals surface area contributed by atoms with E-state index in [9.17, 15) is 0 Å². The van der Waals surface area contributed by atoms with Crippen LogP contribution in [0, 0.1) is 0 Å². The average Bonchev–Trinajstić information content (AvgIpc) is 3.47. The fourth-order valence-electron chi connectivity index (χ4n) is 9.13. The molecule has 1 atom stereocenters. The Balaban J connectivity index is 1.03. The molecule has 2 aliphatic carbocycles. The molecule has 1 aliphatic heterocycles. The topological polar surface area (TPSA) is 16.4 Å². The number of hydrogen-bond acceptors (Lipinski definition) is 2. The van der Waals surface area contributed by atoms with Crippen LogP contribution in [0.4, 0.5) is 11.4 Å². The van der Waals surface area contributed by atoms with Gasteiger partial charge in [0.05, 0.1) is 6.04 Å². The van der Waals surface area contributed by atoms with Crippen LogP contribution in [-0.2, 0) is 0 Å². The highest BCUT2D eigenvalue weighted by molar-refractivity contribution is 6.24. The van der Waals surface area contributed by atoms with Gasteiger partial charge in [0.25, 0.3) is 0 Å². The summed E-state index contributed by atoms with van der Waals surface area (Å²) >= 11 is 0. The maximum atomic E-state index is 6.54. The molecule has 3 aliphatic rings. The van der Waals surface area contributed by atoms with Crippen LogP contribution in [0.2, 0.25) is 0 Å². The summed E-state index contributed by atoms with van der Waals surface area (Å²) in [5.41, 5.74) is 19.9. The van der Waals surface area contributed by atoms with Gasteiger partial charge < -0.3 is 9.32 Å². The standard InChI is InChI=1S/C49H29NO/c1-3-11-29(12-4-1)45-48-40-27-31(21-25-42(40)50(49(45)48)32-13-5-2-6-14-32)34-17-10-20-44-47(34)41-28-30(22-26-43(41)51-44)33-23-24-39-36-16-8-7-15-35(36)38-19-9-18-37(33)46(38)39/h1-28,49H. The van der Waals surface area contributed by atoms with Gasteiger partial charge in [-0.05, 0) is 114 Å². The molecule has 236 valence electrons. The van der Waals surface area contributed by atoms with Crippen LogP contribution in [-0.4, -0.2) is 6.04 Å². The molecule has 0 saturated heterocycles. The molecule has 1 aromatic heterocycles. The normalized spacial score (nSPS) is 15.1. The van der Waals surface area contributed by atoms with E-state index in [-0.39, 0.29) is 6.04 Å². The minimum atomic E-state index is 0.263. The van der Waals surface area contributed by atoms with Crippen molar-refractivity contribution in [3.8, 4) is 44.5 Å². The second-order valence-corrected chi connectivity index (χ2v) is 14.0. The van der Waals surface area contributed by atoms with Crippen molar-refractivity contribution in [3.05, 3.63) is 181 Å². The quantitative estimate of drug-likeness (QED) is 0.189. The molecule has 0 saturated carbocycles. The van der Waals surface area contributed by atoms with E-state index in [0.717, 1.165) is 21.9 Å². The molecule has 0 amide bonds. The first-order chi connectivity index (χ1) is 25.3. The summed E-state index contributed by atoms with van der Waals surface area (Å²) in [6.07, 6.45) is 0. The maximum Gasteiger partial charge on any atom is 0.136 e. The Morgan fingerprint density at radius 2 is 1.04 bits per heavy atom. The van der Waals surface area contributed by atoms with E-state index in [2.05, 4.69) is 175 Å². The Morgan fingerprint density at radius 3 is 1.88 bits per heavy atom. The predicted molar refractivity (Wildman–Crippen MR) is 212 cm³/mol. The fraction of sp³-hybridized carbons (Fsp3) is 0.0204. The minimum absolute atomic E-state index is 0.263. The van der Waals surface area contributed by atoms with Gasteiger partial charge in [-0.25, -0.2) is 0 Å². The third-order valence-corrected chi connectivity index (χ3v) is 11.3. The van der Waals surface area contributed by atoms with E-state index in [1.165, 1.54) is 88.9 Å². The zero-order chi connectivity index (χ0) is 33.2. The van der Waals surface area contributed by atoms with Gasteiger partial charge in [-0.1, -0.05) is 127 Å². The lowest BCUT2D eigenvalue weighted by atomic mass is 9.92. The van der Waals surface area contributed by atoms with Crippen molar-refractivity contribution in [3.63, 3.8) is 0 Å². The molecule has 0 spiro atoms. The first kappa shape index (κ1) is 27.2. The van der Waals surface area contributed by atoms with Crippen molar-refractivity contribution in [1.82, 2.24) is 0 Å². The van der Waals surface area contributed by atoms with Crippen LogP contribution >= 0.6 is 0 Å². The lowest BCUT2D eigenvalue weighted by Crippen LogP contribution is -2.19. The molecule has 9 aromatic rings. The molecule has 12 rings (SSSR count). The molecule has 2 heteroatoms. The highest BCUT2D eigenvalue weighted by atomic mass is 16.3. The second kappa shape index (κ2) is 9.97. The van der Waals surface area contributed by atoms with Crippen LogP contribution < -0.4 is 4.90 Å². The van der Waals surface area contributed by atoms with Crippen LogP contribution in [0.15, 0.2) is 174 Å². The molecule has 51 heavy (non-hydrogen) atoms. The number of rotatable bonds is 4. The summed E-state index contributed by atoms with van der Waals surface area (Å²) < 4.78 is 6.54. The van der Waals surface area contributed by atoms with Crippen molar-refractivity contribution in [2.45, 2.75) is 6.04 Å². The van der Waals surface area contributed by atoms with Crippen molar-refractivity contribution in [2.75, 3.05) is 4.90 Å². The monoisotopic (exact) mass is 647 g/mol. The van der Waals surface area contributed by atoms with Crippen molar-refractivity contribution < 1.29 is 4.42 Å². The minimum Gasteiger partial charge on any atom is -0.456 e. The smallest absolute Gasteiger partial charge is 0.136 e. The van der Waals surface area contributed by atoms with Crippen LogP contribution in [0.3, 0.4) is 0 Å². The van der Waals surface area contributed by atoms with E-state index in [4.69, 9.17) is 4.42 Å². The van der Waals surface area contributed by atoms with Gasteiger partial charge in [-0.15, -0.1) is 0 Å². The summed E-state index contributed by atoms with van der Waals surface area (Å²) in [5.74, 6) is 0. The average molecular weight is 648 g/mol. The van der Waals surface area contributed by atoms with Gasteiger partial charge in [-0.2, -0.15) is 0 Å². The zero-order valence-corrected chi connectivity index (χ0v) is 27.6. The van der Waals surface area contributed by atoms with Gasteiger partial charge in [0.1, 0.15) is 11.2 Å². The van der Waals surface area contributed by atoms with Gasteiger partial charge in [0.2, 0.25) is 0 Å². The fourth-order valence-corrected chi connectivity index (χ4v) is 9.13. The van der Waals surface area contributed by atoms with Gasteiger partial charge in [-0.3, -0.25) is 0 Å². The molecular weight excluding hydrogens is 619 g/mol. The highest BCUT2D eigenvalue weighted by Gasteiger charge is 2.50. The number of anilines is 2. The maximum absolute atomic E-state index is 6.54. The number of furan rings is 1. The molecule has 0 bridgehead atoms. The number of hydrogen-bond donors (Lipinski definition) is 0. The number of para-hydroxylation sites is 1. The Kier molecular flexibility index (Phi) is 5.32. The summed E-state index contributed by atoms with van der Waals surface area (Å²) in [4.78, 5) is 2.51. The lowest BCUT2D eigenvalue weighted by molar-refractivity contribution is 0.669. The number of nitrogens with zero attached hydrogens (tertiary/aromatic N) is 1. The zero-order valence-electron chi connectivity index (χ0n) is 27.6. The van der Waals surface area contributed by atoms with Gasteiger partial charge in [0.15, 0.2) is 0 Å². The first-order valence-corrected chi connectivity index (χ1v) is 17.7. The number of fused-ring (bicyclic) bond motifs is 9. The second-order valence-electron chi connectivity index (χ2n) is 14.0. The summed E-state index contributed by atoms with van der Waals surface area (Å²) in [7, 11) is 0. The molecule has 0 radical (unpaired) electrons. The van der Waals surface area contributed by atoms with Gasteiger partial charge in [0, 0.05) is 27.7 Å². The van der Waals surface area contributed by atoms with Crippen LogP contribution in [0.25, 0.3) is 88.4 Å². The molecular formula is C49H29NO. The molecule has 1 unspecified atom stereocenters. The Labute approximate surface area is 295 Å². The molecule has 8 aromatic carbocycles. The SMILES string of the molecule is c1ccc(C2=C3c4cc(-c5cccc6oc7ccc(-c8ccc9c%10c(cccc8%10)-c8ccccc8-9)cc7c56)ccc4N(c4ccccc4)C23)cc1. The van der Waals surface area contributed by atoms with Gasteiger partial charge >= 0.3 is 0 Å². The third kappa shape index (κ3) is 3.71. The Hall–Kier alpha value is -6.64. The van der Waals surface area contributed by atoms with E-state index < -0.39 is 0 Å². The Bertz CT molecular complexity index is 2940. The largest absolute Gasteiger partial charge is 0.456 e. The predicted octanol–water partition coefficient (Wildman–Crippen LogP) is 13.2. The summed E-state index contributed by atoms with van der Waals surface area (Å²) in [5, 5.41) is 4.94. The first-order valence-electron chi connectivity index (χ1n) is 17.7. The van der Waals surface area contributed by atoms with E-state index in [1.54, 1.807) is 0 Å². The van der Waals surface area contributed by atoms with Crippen molar-refractivity contribution in [2.24, 2.45) is 0 Å². The Morgan fingerprint density at radius 1 is 0.373 bits per heavy atom. The van der Waals surface area contributed by atoms with E-state index >= 15 is 0 Å². The van der Waals surface area contributed by atoms with Crippen molar-refractivity contribution in [1.29, 1.82) is 0 Å². The molecule has 0 N–H and O–H groups in total. The van der Waals surface area contributed by atoms with E-state index in [1.807, 2.05) is 0 Å². The number of benzene rings is 8. The molecule has 0 fully saturated rings. The summed E-state index contributed by atoms with van der Waals surface area (Å²) in [6.45, 7) is 0. The molecule has 2 nitrogen and oxygen atoms in total. The highest BCUT2D eigenvalue weighted by Crippen LogP contribution is 2.62. The van der Waals surface area contributed by atoms with Crippen LogP contribution in [0.1, 0.15) is 11.1 Å². The van der Waals surface area contributed by atoms with Crippen molar-refractivity contribution >= 4 is 55.2 Å². The summed E-state index contributed by atoms with van der Waals surface area (Å²) in [6, 6.07) is 62.3. The van der Waals surface area contributed by atoms with E-state index in [0.29, 0.717) is 0 Å².